The number of rotatable bonds is 3. The van der Waals surface area contributed by atoms with Gasteiger partial charge in [0, 0.05) is 25.4 Å². The molecule has 0 spiro atoms. The van der Waals surface area contributed by atoms with Crippen molar-refractivity contribution in [2.24, 2.45) is 7.05 Å². The molecule has 0 saturated heterocycles. The zero-order valence-electron chi connectivity index (χ0n) is 8.70. The fourth-order valence-electron chi connectivity index (χ4n) is 1.41. The van der Waals surface area contributed by atoms with Gasteiger partial charge in [-0.1, -0.05) is 5.21 Å². The van der Waals surface area contributed by atoms with E-state index < -0.39 is 6.10 Å². The van der Waals surface area contributed by atoms with Crippen LogP contribution in [0, 0.1) is 0 Å². The summed E-state index contributed by atoms with van der Waals surface area (Å²) in [6, 6.07) is 0. The molecule has 2 rings (SSSR count). The number of aliphatic hydroxyl groups excluding tert-OH is 1. The molecule has 2 aromatic rings. The van der Waals surface area contributed by atoms with E-state index in [4.69, 9.17) is 0 Å². The molecule has 1 atom stereocenters. The Morgan fingerprint density at radius 3 is 2.80 bits per heavy atom. The van der Waals surface area contributed by atoms with Crippen LogP contribution in [-0.2, 0) is 13.6 Å². The fourth-order valence-corrected chi connectivity index (χ4v) is 1.41. The minimum atomic E-state index is -0.717. The summed E-state index contributed by atoms with van der Waals surface area (Å²) in [6.07, 6.45) is 4.30. The molecule has 6 nitrogen and oxygen atoms in total. The second-order valence-electron chi connectivity index (χ2n) is 3.31. The Labute approximate surface area is 87.1 Å². The second kappa shape index (κ2) is 3.82. The fraction of sp³-hybridized carbons (Fsp3) is 0.444. The van der Waals surface area contributed by atoms with Gasteiger partial charge in [-0.2, -0.15) is 5.10 Å². The van der Waals surface area contributed by atoms with E-state index in [0.717, 1.165) is 12.1 Å². The first-order valence-corrected chi connectivity index (χ1v) is 4.77. The van der Waals surface area contributed by atoms with E-state index in [1.165, 1.54) is 0 Å². The Morgan fingerprint density at radius 2 is 2.27 bits per heavy atom. The first-order valence-electron chi connectivity index (χ1n) is 4.77. The van der Waals surface area contributed by atoms with Crippen LogP contribution in [0.4, 0.5) is 0 Å². The van der Waals surface area contributed by atoms with Gasteiger partial charge in [0.05, 0.1) is 18.1 Å². The average molecular weight is 207 g/mol. The van der Waals surface area contributed by atoms with Crippen LogP contribution in [0.15, 0.2) is 18.6 Å². The number of aryl methyl sites for hydroxylation is 2. The molecule has 0 aromatic carbocycles. The third-order valence-electron chi connectivity index (χ3n) is 2.32. The van der Waals surface area contributed by atoms with Crippen LogP contribution in [0.2, 0.25) is 0 Å². The summed E-state index contributed by atoms with van der Waals surface area (Å²) in [5.74, 6) is 0. The van der Waals surface area contributed by atoms with Gasteiger partial charge in [0.15, 0.2) is 0 Å². The quantitative estimate of drug-likeness (QED) is 0.775. The van der Waals surface area contributed by atoms with Gasteiger partial charge in [0.25, 0.3) is 0 Å². The minimum Gasteiger partial charge on any atom is -0.382 e. The highest BCUT2D eigenvalue weighted by molar-refractivity contribution is 5.18. The number of aromatic nitrogens is 5. The molecule has 0 aliphatic heterocycles. The van der Waals surface area contributed by atoms with Crippen molar-refractivity contribution < 1.29 is 5.11 Å². The molecule has 0 amide bonds. The highest BCUT2D eigenvalue weighted by Crippen LogP contribution is 2.19. The van der Waals surface area contributed by atoms with Crippen LogP contribution < -0.4 is 0 Å². The first-order chi connectivity index (χ1) is 7.22. The summed E-state index contributed by atoms with van der Waals surface area (Å²) in [7, 11) is 1.75. The summed E-state index contributed by atoms with van der Waals surface area (Å²) >= 11 is 0. The molecule has 1 N–H and O–H groups in total. The van der Waals surface area contributed by atoms with E-state index in [0.29, 0.717) is 5.69 Å². The van der Waals surface area contributed by atoms with Gasteiger partial charge in [0.1, 0.15) is 6.10 Å². The molecule has 2 aromatic heterocycles. The first kappa shape index (κ1) is 9.85. The Kier molecular flexibility index (Phi) is 2.51. The molecule has 0 bridgehead atoms. The van der Waals surface area contributed by atoms with Crippen molar-refractivity contribution in [1.29, 1.82) is 0 Å². The smallest absolute Gasteiger partial charge is 0.125 e. The number of nitrogens with zero attached hydrogens (tertiary/aromatic N) is 5. The molecule has 0 saturated carbocycles. The Bertz CT molecular complexity index is 447. The van der Waals surface area contributed by atoms with Gasteiger partial charge in [0.2, 0.25) is 0 Å². The van der Waals surface area contributed by atoms with Gasteiger partial charge < -0.3 is 5.11 Å². The topological polar surface area (TPSA) is 68.8 Å². The Morgan fingerprint density at radius 1 is 1.47 bits per heavy atom. The molecule has 2 heterocycles. The largest absolute Gasteiger partial charge is 0.382 e. The van der Waals surface area contributed by atoms with Crippen molar-refractivity contribution in [3.63, 3.8) is 0 Å². The highest BCUT2D eigenvalue weighted by Gasteiger charge is 2.16. The van der Waals surface area contributed by atoms with E-state index in [1.807, 2.05) is 13.1 Å². The summed E-state index contributed by atoms with van der Waals surface area (Å²) in [5.41, 5.74) is 1.41. The third-order valence-corrected chi connectivity index (χ3v) is 2.32. The standard InChI is InChI=1S/C9H13N5O/c1-3-14-6-7(4-11-14)9(15)8-5-10-12-13(8)2/h4-6,9,15H,3H2,1-2H3. The van der Waals surface area contributed by atoms with Crippen molar-refractivity contribution >= 4 is 0 Å². The van der Waals surface area contributed by atoms with Gasteiger partial charge >= 0.3 is 0 Å². The predicted octanol–water partition coefficient (Wildman–Crippen LogP) is 0.113. The Balaban J connectivity index is 2.28. The molecule has 0 fully saturated rings. The summed E-state index contributed by atoms with van der Waals surface area (Å²) in [4.78, 5) is 0. The summed E-state index contributed by atoms with van der Waals surface area (Å²) in [6.45, 7) is 2.78. The zero-order chi connectivity index (χ0) is 10.8. The van der Waals surface area contributed by atoms with Gasteiger partial charge in [-0.3, -0.25) is 4.68 Å². The lowest BCUT2D eigenvalue weighted by atomic mass is 10.1. The second-order valence-corrected chi connectivity index (χ2v) is 3.31. The molecule has 6 heteroatoms. The van der Waals surface area contributed by atoms with Crippen LogP contribution in [-0.4, -0.2) is 29.9 Å². The van der Waals surface area contributed by atoms with Crippen molar-refractivity contribution in [3.8, 4) is 0 Å². The van der Waals surface area contributed by atoms with E-state index in [-0.39, 0.29) is 0 Å². The van der Waals surface area contributed by atoms with Crippen LogP contribution in [0.25, 0.3) is 0 Å². The van der Waals surface area contributed by atoms with Crippen LogP contribution in [0.3, 0.4) is 0 Å². The molecule has 80 valence electrons. The Hall–Kier alpha value is -1.69. The SMILES string of the molecule is CCn1cc(C(O)c2cnnn2C)cn1. The maximum atomic E-state index is 10.0. The van der Waals surface area contributed by atoms with Crippen molar-refractivity contribution in [3.05, 3.63) is 29.8 Å². The molecular formula is C9H13N5O. The maximum absolute atomic E-state index is 10.0. The molecular weight excluding hydrogens is 194 g/mol. The van der Waals surface area contributed by atoms with Gasteiger partial charge in [-0.25, -0.2) is 4.68 Å². The normalized spacial score (nSPS) is 13.0. The van der Waals surface area contributed by atoms with Gasteiger partial charge in [-0.15, -0.1) is 5.10 Å². The highest BCUT2D eigenvalue weighted by atomic mass is 16.3. The third kappa shape index (κ3) is 1.75. The maximum Gasteiger partial charge on any atom is 0.125 e. The van der Waals surface area contributed by atoms with Crippen LogP contribution in [0.1, 0.15) is 24.3 Å². The van der Waals surface area contributed by atoms with Crippen LogP contribution >= 0.6 is 0 Å². The van der Waals surface area contributed by atoms with Crippen LogP contribution in [0.5, 0.6) is 0 Å². The van der Waals surface area contributed by atoms with E-state index >= 15 is 0 Å². The number of hydrogen-bond acceptors (Lipinski definition) is 4. The van der Waals surface area contributed by atoms with Crippen molar-refractivity contribution in [2.45, 2.75) is 19.6 Å². The molecule has 0 radical (unpaired) electrons. The molecule has 1 unspecified atom stereocenters. The number of aliphatic hydroxyl groups is 1. The van der Waals surface area contributed by atoms with E-state index in [1.54, 1.807) is 28.8 Å². The van der Waals surface area contributed by atoms with E-state index in [9.17, 15) is 5.11 Å². The lowest BCUT2D eigenvalue weighted by Crippen LogP contribution is -2.05. The number of hydrogen-bond donors (Lipinski definition) is 1. The molecule has 0 aliphatic rings. The zero-order valence-corrected chi connectivity index (χ0v) is 8.70. The monoisotopic (exact) mass is 207 g/mol. The van der Waals surface area contributed by atoms with Gasteiger partial charge in [-0.05, 0) is 6.92 Å². The van der Waals surface area contributed by atoms with Crippen molar-refractivity contribution in [1.82, 2.24) is 24.8 Å². The average Bonchev–Trinajstić information content (AvgIpc) is 2.84. The summed E-state index contributed by atoms with van der Waals surface area (Å²) in [5, 5.41) is 21.6. The van der Waals surface area contributed by atoms with E-state index in [2.05, 4.69) is 15.4 Å². The predicted molar refractivity (Wildman–Crippen MR) is 53.0 cm³/mol. The summed E-state index contributed by atoms with van der Waals surface area (Å²) < 4.78 is 3.32. The van der Waals surface area contributed by atoms with Crippen molar-refractivity contribution in [2.75, 3.05) is 0 Å². The minimum absolute atomic E-state index is 0.658. The lowest BCUT2D eigenvalue weighted by Gasteiger charge is -2.06. The molecule has 0 aliphatic carbocycles. The lowest BCUT2D eigenvalue weighted by molar-refractivity contribution is 0.209. The molecule has 15 heavy (non-hydrogen) atoms.